The third-order valence-corrected chi connectivity index (χ3v) is 6.12. The first-order valence-corrected chi connectivity index (χ1v) is 10.4. The zero-order valence-electron chi connectivity index (χ0n) is 16.1. The predicted molar refractivity (Wildman–Crippen MR) is 106 cm³/mol. The van der Waals surface area contributed by atoms with Crippen LogP contribution >= 0.6 is 11.8 Å². The van der Waals surface area contributed by atoms with Gasteiger partial charge in [0, 0.05) is 17.8 Å². The minimum Gasteiger partial charge on any atom is -0.337 e. The molecule has 0 N–H and O–H groups in total. The van der Waals surface area contributed by atoms with Crippen molar-refractivity contribution in [1.29, 1.82) is 0 Å². The third-order valence-electron chi connectivity index (χ3n) is 5.20. The first-order valence-electron chi connectivity index (χ1n) is 9.46. The van der Waals surface area contributed by atoms with Crippen molar-refractivity contribution < 1.29 is 4.79 Å². The Kier molecular flexibility index (Phi) is 6.01. The summed E-state index contributed by atoms with van der Waals surface area (Å²) in [6.45, 7) is 8.40. The molecule has 0 unspecified atom stereocenters. The zero-order valence-corrected chi connectivity index (χ0v) is 16.9. The monoisotopic (exact) mass is 372 g/mol. The van der Waals surface area contributed by atoms with Gasteiger partial charge in [-0.2, -0.15) is 0 Å². The molecule has 1 aromatic carbocycles. The Balaban J connectivity index is 1.73. The van der Waals surface area contributed by atoms with E-state index in [2.05, 4.69) is 60.1 Å². The molecule has 1 amide bonds. The van der Waals surface area contributed by atoms with E-state index in [1.165, 1.54) is 23.7 Å². The van der Waals surface area contributed by atoms with E-state index in [4.69, 9.17) is 0 Å². The Hall–Kier alpha value is -1.82. The molecule has 0 aliphatic carbocycles. The first-order chi connectivity index (χ1) is 12.5. The van der Waals surface area contributed by atoms with Crippen LogP contribution in [0.4, 0.5) is 0 Å². The van der Waals surface area contributed by atoms with Crippen LogP contribution in [0.3, 0.4) is 0 Å². The molecule has 1 aliphatic heterocycles. The van der Waals surface area contributed by atoms with Crippen LogP contribution in [0.25, 0.3) is 5.69 Å². The number of nitrogens with zero attached hydrogens (tertiary/aromatic N) is 4. The topological polar surface area (TPSA) is 51.0 Å². The van der Waals surface area contributed by atoms with E-state index < -0.39 is 0 Å². The number of hydrogen-bond donors (Lipinski definition) is 0. The second kappa shape index (κ2) is 8.25. The highest BCUT2D eigenvalue weighted by molar-refractivity contribution is 7.99. The number of benzene rings is 1. The maximum absolute atomic E-state index is 12.8. The van der Waals surface area contributed by atoms with Crippen LogP contribution in [0.1, 0.15) is 51.4 Å². The van der Waals surface area contributed by atoms with Crippen LogP contribution in [-0.4, -0.2) is 43.4 Å². The summed E-state index contributed by atoms with van der Waals surface area (Å²) in [6.07, 6.45) is 4.42. The molecule has 2 heterocycles. The molecule has 3 rings (SSSR count). The van der Waals surface area contributed by atoms with E-state index in [1.54, 1.807) is 0 Å². The van der Waals surface area contributed by atoms with Crippen LogP contribution in [0.2, 0.25) is 0 Å². The largest absolute Gasteiger partial charge is 0.337 e. The van der Waals surface area contributed by atoms with Gasteiger partial charge in [-0.25, -0.2) is 0 Å². The Morgan fingerprint density at radius 3 is 2.42 bits per heavy atom. The quantitative estimate of drug-likeness (QED) is 0.744. The number of likely N-dealkylation sites (tertiary alicyclic amines) is 1. The van der Waals surface area contributed by atoms with E-state index >= 15 is 0 Å². The fourth-order valence-corrected chi connectivity index (χ4v) is 4.59. The number of hydrogen-bond acceptors (Lipinski definition) is 4. The zero-order chi connectivity index (χ0) is 18.7. The number of piperidine rings is 1. The molecule has 0 radical (unpaired) electrons. The van der Waals surface area contributed by atoms with E-state index in [0.717, 1.165) is 35.9 Å². The maximum atomic E-state index is 12.8. The maximum Gasteiger partial charge on any atom is 0.233 e. The lowest BCUT2D eigenvalue weighted by atomic mass is 9.98. The average molecular weight is 373 g/mol. The van der Waals surface area contributed by atoms with Gasteiger partial charge in [-0.1, -0.05) is 30.8 Å². The second-order valence-electron chi connectivity index (χ2n) is 7.10. The first kappa shape index (κ1) is 19.0. The smallest absolute Gasteiger partial charge is 0.233 e. The van der Waals surface area contributed by atoms with Gasteiger partial charge in [0.1, 0.15) is 5.82 Å². The molecule has 0 saturated carbocycles. The van der Waals surface area contributed by atoms with E-state index in [0.29, 0.717) is 17.8 Å². The van der Waals surface area contributed by atoms with Crippen molar-refractivity contribution in [3.05, 3.63) is 35.7 Å². The van der Waals surface area contributed by atoms with Gasteiger partial charge in [-0.15, -0.1) is 10.2 Å². The normalized spacial score (nSPS) is 20.4. The fraction of sp³-hybridized carbons (Fsp3) is 0.550. The molecule has 1 saturated heterocycles. The van der Waals surface area contributed by atoms with Gasteiger partial charge in [0.05, 0.1) is 5.75 Å². The van der Waals surface area contributed by atoms with Gasteiger partial charge in [0.2, 0.25) is 5.91 Å². The minimum absolute atomic E-state index is 0.197. The lowest BCUT2D eigenvalue weighted by Gasteiger charge is -2.39. The van der Waals surface area contributed by atoms with Crippen molar-refractivity contribution in [2.24, 2.45) is 0 Å². The molecular weight excluding hydrogens is 344 g/mol. The molecule has 2 aromatic rings. The van der Waals surface area contributed by atoms with Crippen molar-refractivity contribution in [1.82, 2.24) is 19.7 Å². The Bertz CT molecular complexity index is 746. The van der Waals surface area contributed by atoms with Gasteiger partial charge in [-0.3, -0.25) is 9.36 Å². The summed E-state index contributed by atoms with van der Waals surface area (Å²) >= 11 is 1.48. The molecule has 0 spiro atoms. The molecule has 140 valence electrons. The SMILES string of the molecule is CCc1ccc(-n2c(C)nnc2SCC(=O)N2[C@H](C)CCC[C@H]2C)cc1. The lowest BCUT2D eigenvalue weighted by Crippen LogP contribution is -2.48. The molecule has 1 aromatic heterocycles. The summed E-state index contributed by atoms with van der Waals surface area (Å²) in [5, 5.41) is 9.29. The highest BCUT2D eigenvalue weighted by Gasteiger charge is 2.29. The number of carbonyl (C=O) groups is 1. The number of aromatic nitrogens is 3. The molecule has 1 aliphatic rings. The van der Waals surface area contributed by atoms with Crippen molar-refractivity contribution in [3.8, 4) is 5.69 Å². The molecule has 2 atom stereocenters. The Labute approximate surface area is 160 Å². The van der Waals surface area contributed by atoms with Gasteiger partial charge in [0.15, 0.2) is 5.16 Å². The second-order valence-corrected chi connectivity index (χ2v) is 8.05. The number of amides is 1. The van der Waals surface area contributed by atoms with Gasteiger partial charge < -0.3 is 4.90 Å². The summed E-state index contributed by atoms with van der Waals surface area (Å²) in [5.74, 6) is 1.44. The van der Waals surface area contributed by atoms with Crippen LogP contribution in [0.5, 0.6) is 0 Å². The summed E-state index contributed by atoms with van der Waals surface area (Å²) in [4.78, 5) is 14.8. The van der Waals surface area contributed by atoms with Crippen LogP contribution in [0, 0.1) is 6.92 Å². The van der Waals surface area contributed by atoms with Crippen molar-refractivity contribution >= 4 is 17.7 Å². The average Bonchev–Trinajstić information content (AvgIpc) is 3.00. The van der Waals surface area contributed by atoms with Crippen LogP contribution in [0.15, 0.2) is 29.4 Å². The molecule has 1 fully saturated rings. The predicted octanol–water partition coefficient (Wildman–Crippen LogP) is 4.02. The van der Waals surface area contributed by atoms with Gasteiger partial charge >= 0.3 is 0 Å². The van der Waals surface area contributed by atoms with E-state index in [-0.39, 0.29) is 5.91 Å². The summed E-state index contributed by atoms with van der Waals surface area (Å²) in [5.41, 5.74) is 2.34. The Morgan fingerprint density at radius 1 is 1.15 bits per heavy atom. The standard InChI is InChI=1S/C20H28N4OS/c1-5-17-9-11-18(12-10-17)24-16(4)21-22-20(24)26-13-19(25)23-14(2)7-6-8-15(23)3/h9-12,14-15H,5-8,13H2,1-4H3/t14-,15-/m1/s1. The van der Waals surface area contributed by atoms with Crippen LogP contribution in [-0.2, 0) is 11.2 Å². The van der Waals surface area contributed by atoms with Crippen LogP contribution < -0.4 is 0 Å². The summed E-state index contributed by atoms with van der Waals surface area (Å²) in [6, 6.07) is 9.10. The van der Waals surface area contributed by atoms with E-state index in [1.807, 2.05) is 11.5 Å². The minimum atomic E-state index is 0.197. The molecule has 0 bridgehead atoms. The third kappa shape index (κ3) is 3.95. The van der Waals surface area contributed by atoms with E-state index in [9.17, 15) is 4.79 Å². The molecule has 6 heteroatoms. The molecular formula is C20H28N4OS. The lowest BCUT2D eigenvalue weighted by molar-refractivity contribution is -0.134. The number of carbonyl (C=O) groups excluding carboxylic acids is 1. The summed E-state index contributed by atoms with van der Waals surface area (Å²) < 4.78 is 2.03. The molecule has 26 heavy (non-hydrogen) atoms. The summed E-state index contributed by atoms with van der Waals surface area (Å²) in [7, 11) is 0. The van der Waals surface area contributed by atoms with Gasteiger partial charge in [-0.05, 0) is 64.2 Å². The van der Waals surface area contributed by atoms with Crippen molar-refractivity contribution in [2.75, 3.05) is 5.75 Å². The Morgan fingerprint density at radius 2 is 1.81 bits per heavy atom. The fourth-order valence-electron chi connectivity index (χ4n) is 3.73. The number of aryl methyl sites for hydroxylation is 2. The van der Waals surface area contributed by atoms with Gasteiger partial charge in [0.25, 0.3) is 0 Å². The number of rotatable bonds is 5. The number of thioether (sulfide) groups is 1. The van der Waals surface area contributed by atoms with Crippen molar-refractivity contribution in [3.63, 3.8) is 0 Å². The molecule has 5 nitrogen and oxygen atoms in total. The highest BCUT2D eigenvalue weighted by atomic mass is 32.2. The highest BCUT2D eigenvalue weighted by Crippen LogP contribution is 2.26. The van der Waals surface area contributed by atoms with Crippen molar-refractivity contribution in [2.45, 2.75) is 70.6 Å².